The second-order valence-electron chi connectivity index (χ2n) is 6.45. The number of carbonyl (C=O) groups excluding carboxylic acids is 1. The lowest BCUT2D eigenvalue weighted by Gasteiger charge is -2.31. The molecule has 0 radical (unpaired) electrons. The predicted octanol–water partition coefficient (Wildman–Crippen LogP) is 2.65. The second-order valence-corrected chi connectivity index (χ2v) is 6.45. The number of halogens is 2. The highest BCUT2D eigenvalue weighted by atomic mass is 19.1. The van der Waals surface area contributed by atoms with Gasteiger partial charge < -0.3 is 19.4 Å². The van der Waals surface area contributed by atoms with Crippen molar-refractivity contribution in [1.29, 1.82) is 0 Å². The summed E-state index contributed by atoms with van der Waals surface area (Å²) in [5.41, 5.74) is 1.33. The van der Waals surface area contributed by atoms with Gasteiger partial charge in [-0.05, 0) is 24.6 Å². The highest BCUT2D eigenvalue weighted by Gasteiger charge is 2.29. The van der Waals surface area contributed by atoms with E-state index in [9.17, 15) is 13.6 Å². The maximum atomic E-state index is 13.9. The van der Waals surface area contributed by atoms with Crippen LogP contribution < -0.4 is 0 Å². The van der Waals surface area contributed by atoms with Crippen molar-refractivity contribution in [3.8, 4) is 0 Å². The van der Waals surface area contributed by atoms with Crippen LogP contribution in [0.4, 0.5) is 13.6 Å². The molecule has 1 aromatic carbocycles. The summed E-state index contributed by atoms with van der Waals surface area (Å²) in [6.07, 6.45) is 1.81. The Kier molecular flexibility index (Phi) is 4.86. The van der Waals surface area contributed by atoms with Crippen LogP contribution in [-0.2, 0) is 16.1 Å². The van der Waals surface area contributed by atoms with Crippen LogP contribution in [0.15, 0.2) is 24.7 Å². The third-order valence-electron chi connectivity index (χ3n) is 4.44. The van der Waals surface area contributed by atoms with Crippen LogP contribution in [0.2, 0.25) is 0 Å². The Morgan fingerprint density at radius 1 is 1.39 bits per heavy atom. The first kappa shape index (κ1) is 18.2. The van der Waals surface area contributed by atoms with E-state index in [-0.39, 0.29) is 18.7 Å². The summed E-state index contributed by atoms with van der Waals surface area (Å²) in [5, 5.41) is 0. The van der Waals surface area contributed by atoms with E-state index in [1.165, 1.54) is 23.4 Å². The molecule has 1 atom stereocenters. The van der Waals surface area contributed by atoms with E-state index in [4.69, 9.17) is 9.47 Å². The van der Waals surface area contributed by atoms with Gasteiger partial charge in [-0.1, -0.05) is 0 Å². The zero-order chi connectivity index (χ0) is 19.7. The maximum Gasteiger partial charge on any atom is 0.410 e. The Labute approximate surface area is 158 Å². The third-order valence-corrected chi connectivity index (χ3v) is 4.44. The quantitative estimate of drug-likeness (QED) is 0.740. The van der Waals surface area contributed by atoms with Crippen LogP contribution in [0.25, 0.3) is 11.2 Å². The van der Waals surface area contributed by atoms with Gasteiger partial charge in [-0.25, -0.2) is 28.5 Å². The molecular weight excluding hydrogens is 372 g/mol. The lowest BCUT2D eigenvalue weighted by Crippen LogP contribution is -2.42. The van der Waals surface area contributed by atoms with Crippen LogP contribution >= 0.6 is 0 Å². The fourth-order valence-corrected chi connectivity index (χ4v) is 3.01. The van der Waals surface area contributed by atoms with Gasteiger partial charge in [0.2, 0.25) is 0 Å². The number of nitrogens with one attached hydrogen (secondary N) is 1. The van der Waals surface area contributed by atoms with Gasteiger partial charge >= 0.3 is 6.09 Å². The summed E-state index contributed by atoms with van der Waals surface area (Å²) < 4.78 is 38.6. The van der Waals surface area contributed by atoms with Gasteiger partial charge in [-0.3, -0.25) is 0 Å². The molecule has 1 aliphatic rings. The Hall–Kier alpha value is -3.14. The number of aromatic nitrogens is 4. The minimum Gasteiger partial charge on any atom is -0.444 e. The highest BCUT2D eigenvalue weighted by molar-refractivity contribution is 5.69. The monoisotopic (exact) mass is 389 g/mol. The molecule has 0 aliphatic carbocycles. The number of nitrogens with zero attached hydrogens (tertiary/aromatic N) is 4. The molecule has 1 saturated heterocycles. The van der Waals surface area contributed by atoms with E-state index >= 15 is 0 Å². The van der Waals surface area contributed by atoms with Crippen molar-refractivity contribution < 1.29 is 23.0 Å². The molecule has 10 heteroatoms. The molecule has 3 heterocycles. The molecule has 0 spiro atoms. The van der Waals surface area contributed by atoms with Crippen LogP contribution in [0.3, 0.4) is 0 Å². The number of fused-ring (bicyclic) bond motifs is 1. The molecule has 0 bridgehead atoms. The van der Waals surface area contributed by atoms with Crippen molar-refractivity contribution in [2.24, 2.45) is 0 Å². The highest BCUT2D eigenvalue weighted by Crippen LogP contribution is 2.23. The summed E-state index contributed by atoms with van der Waals surface area (Å²) in [7, 11) is 0. The zero-order valence-corrected chi connectivity index (χ0v) is 15.0. The molecule has 2 aromatic heterocycles. The second kappa shape index (κ2) is 7.47. The number of hydrogen-bond donors (Lipinski definition) is 1. The molecule has 8 nitrogen and oxygen atoms in total. The normalized spacial score (nSPS) is 17.1. The Bertz CT molecular complexity index is 969. The number of hydrogen-bond acceptors (Lipinski definition) is 6. The number of carbonyl (C=O) groups is 1. The number of benzene rings is 1. The van der Waals surface area contributed by atoms with Crippen LogP contribution in [0, 0.1) is 18.6 Å². The summed E-state index contributed by atoms with van der Waals surface area (Å²) in [6, 6.07) is 2.39. The smallest absolute Gasteiger partial charge is 0.410 e. The summed E-state index contributed by atoms with van der Waals surface area (Å²) in [4.78, 5) is 29.2. The van der Waals surface area contributed by atoms with E-state index < -0.39 is 30.4 Å². The summed E-state index contributed by atoms with van der Waals surface area (Å²) in [5.74, 6) is -0.967. The lowest BCUT2D eigenvalue weighted by atomic mass is 10.1. The molecule has 1 aliphatic heterocycles. The number of aromatic amines is 1. The van der Waals surface area contributed by atoms with Crippen LogP contribution in [-0.4, -0.2) is 50.6 Å². The topological polar surface area (TPSA) is 93.2 Å². The van der Waals surface area contributed by atoms with Crippen molar-refractivity contribution in [2.75, 3.05) is 19.7 Å². The average Bonchev–Trinajstić information content (AvgIpc) is 3.11. The molecule has 1 fully saturated rings. The SMILES string of the molecule is Cc1cc(F)c(COC(=O)N2CCO[C@H](c3nc4ncncc4[nH]3)C2)c(F)c1. The number of imidazole rings is 1. The van der Waals surface area contributed by atoms with E-state index in [1.807, 2.05) is 0 Å². The third kappa shape index (κ3) is 3.63. The molecule has 28 heavy (non-hydrogen) atoms. The number of H-pyrrole nitrogens is 1. The number of morpholine rings is 1. The van der Waals surface area contributed by atoms with Gasteiger partial charge in [0.05, 0.1) is 24.9 Å². The lowest BCUT2D eigenvalue weighted by molar-refractivity contribution is -0.0331. The minimum atomic E-state index is -0.742. The minimum absolute atomic E-state index is 0.185. The van der Waals surface area contributed by atoms with Crippen LogP contribution in [0.5, 0.6) is 0 Å². The van der Waals surface area contributed by atoms with Crippen molar-refractivity contribution in [1.82, 2.24) is 24.8 Å². The van der Waals surface area contributed by atoms with Crippen molar-refractivity contribution in [3.05, 3.63) is 53.2 Å². The fraction of sp³-hybridized carbons (Fsp3) is 0.333. The van der Waals surface area contributed by atoms with E-state index in [2.05, 4.69) is 19.9 Å². The van der Waals surface area contributed by atoms with E-state index in [0.717, 1.165) is 0 Å². The van der Waals surface area contributed by atoms with E-state index in [0.29, 0.717) is 29.1 Å². The predicted molar refractivity (Wildman–Crippen MR) is 93.2 cm³/mol. The molecular formula is C18H17F2N5O3. The number of aryl methyl sites for hydroxylation is 1. The molecule has 4 rings (SSSR count). The molecule has 0 unspecified atom stereocenters. The van der Waals surface area contributed by atoms with Crippen molar-refractivity contribution >= 4 is 17.3 Å². The fourth-order valence-electron chi connectivity index (χ4n) is 3.01. The van der Waals surface area contributed by atoms with Crippen molar-refractivity contribution in [2.45, 2.75) is 19.6 Å². The van der Waals surface area contributed by atoms with E-state index in [1.54, 1.807) is 13.1 Å². The zero-order valence-electron chi connectivity index (χ0n) is 15.0. The number of rotatable bonds is 3. The van der Waals surface area contributed by atoms with Gasteiger partial charge in [0.25, 0.3) is 0 Å². The Balaban J connectivity index is 1.42. The first-order valence-electron chi connectivity index (χ1n) is 8.64. The molecule has 0 saturated carbocycles. The summed E-state index contributed by atoms with van der Waals surface area (Å²) in [6.45, 7) is 1.85. The number of ether oxygens (including phenoxy) is 2. The molecule has 1 N–H and O–H groups in total. The first-order chi connectivity index (χ1) is 13.5. The average molecular weight is 389 g/mol. The largest absolute Gasteiger partial charge is 0.444 e. The molecule has 3 aromatic rings. The van der Waals surface area contributed by atoms with Gasteiger partial charge in [-0.15, -0.1) is 0 Å². The van der Waals surface area contributed by atoms with Gasteiger partial charge in [0, 0.05) is 6.54 Å². The Morgan fingerprint density at radius 3 is 2.93 bits per heavy atom. The molecule has 146 valence electrons. The maximum absolute atomic E-state index is 13.9. The van der Waals surface area contributed by atoms with Crippen molar-refractivity contribution in [3.63, 3.8) is 0 Å². The van der Waals surface area contributed by atoms with Gasteiger partial charge in [0.1, 0.15) is 42.0 Å². The Morgan fingerprint density at radius 2 is 2.18 bits per heavy atom. The van der Waals surface area contributed by atoms with Gasteiger partial charge in [-0.2, -0.15) is 0 Å². The summed E-state index contributed by atoms with van der Waals surface area (Å²) >= 11 is 0. The van der Waals surface area contributed by atoms with Gasteiger partial charge in [0.15, 0.2) is 5.65 Å². The standard InChI is InChI=1S/C18H17F2N5O3/c1-10-4-12(19)11(13(20)5-10)8-28-18(26)25-2-3-27-15(7-25)17-23-14-6-21-9-22-16(14)24-17/h4-6,9,15H,2-3,7-8H2,1H3,(H,21,22,23,24)/t15-/m0/s1. The molecule has 1 amide bonds. The first-order valence-corrected chi connectivity index (χ1v) is 8.64. The number of amides is 1. The van der Waals surface area contributed by atoms with Crippen LogP contribution in [0.1, 0.15) is 23.1 Å².